The highest BCUT2D eigenvalue weighted by molar-refractivity contribution is 5.46. The molecule has 1 aromatic rings. The van der Waals surface area contributed by atoms with Crippen molar-refractivity contribution >= 4 is 5.69 Å². The number of hydrogen-bond acceptors (Lipinski definition) is 4. The van der Waals surface area contributed by atoms with Crippen molar-refractivity contribution in [2.75, 3.05) is 44.2 Å². The van der Waals surface area contributed by atoms with Crippen molar-refractivity contribution in [1.82, 2.24) is 14.8 Å². The van der Waals surface area contributed by atoms with E-state index in [0.717, 1.165) is 56.9 Å². The zero-order valence-electron chi connectivity index (χ0n) is 16.3. The summed E-state index contributed by atoms with van der Waals surface area (Å²) in [6, 6.07) is 3.40. The second-order valence-corrected chi connectivity index (χ2v) is 8.28. The predicted octanol–water partition coefficient (Wildman–Crippen LogP) is 4.00. The van der Waals surface area contributed by atoms with Crippen LogP contribution >= 0.6 is 0 Å². The molecule has 3 heterocycles. The van der Waals surface area contributed by atoms with E-state index in [0.29, 0.717) is 5.92 Å². The van der Waals surface area contributed by atoms with Crippen molar-refractivity contribution in [2.45, 2.75) is 44.3 Å². The second kappa shape index (κ2) is 7.93. The SMILES string of the molecule is C=C(C1CCN(c2ccc(C(F)(F)F)nc2)C1)N1CCCN(C2CCC2)CC1. The Bertz CT molecular complexity index is 684. The Labute approximate surface area is 165 Å². The van der Waals surface area contributed by atoms with Crippen LogP contribution in [0.1, 0.15) is 37.8 Å². The van der Waals surface area contributed by atoms with Crippen LogP contribution in [-0.4, -0.2) is 60.1 Å². The lowest BCUT2D eigenvalue weighted by Gasteiger charge is -2.37. The van der Waals surface area contributed by atoms with E-state index in [1.807, 2.05) is 0 Å². The summed E-state index contributed by atoms with van der Waals surface area (Å²) < 4.78 is 38.1. The van der Waals surface area contributed by atoms with Gasteiger partial charge in [-0.2, -0.15) is 13.2 Å². The minimum atomic E-state index is -4.39. The number of rotatable bonds is 4. The molecule has 0 bridgehead atoms. The van der Waals surface area contributed by atoms with E-state index >= 15 is 0 Å². The highest BCUT2D eigenvalue weighted by Crippen LogP contribution is 2.32. The number of alkyl halides is 3. The molecule has 0 radical (unpaired) electrons. The van der Waals surface area contributed by atoms with Crippen LogP contribution in [0, 0.1) is 5.92 Å². The Hall–Kier alpha value is -1.76. The molecule has 4 rings (SSSR count). The first-order valence-corrected chi connectivity index (χ1v) is 10.4. The summed E-state index contributed by atoms with van der Waals surface area (Å²) in [5, 5.41) is 0. The molecule has 1 saturated carbocycles. The number of nitrogens with zero attached hydrogens (tertiary/aromatic N) is 4. The maximum atomic E-state index is 12.7. The molecular weight excluding hydrogens is 365 g/mol. The van der Waals surface area contributed by atoms with Crippen LogP contribution in [0.15, 0.2) is 30.6 Å². The maximum Gasteiger partial charge on any atom is 0.433 e. The summed E-state index contributed by atoms with van der Waals surface area (Å²) in [5.74, 6) is 0.359. The molecule has 4 nitrogen and oxygen atoms in total. The van der Waals surface area contributed by atoms with E-state index in [4.69, 9.17) is 0 Å². The fourth-order valence-corrected chi connectivity index (χ4v) is 4.61. The topological polar surface area (TPSA) is 22.6 Å². The van der Waals surface area contributed by atoms with Crippen molar-refractivity contribution in [3.05, 3.63) is 36.3 Å². The molecule has 3 aliphatic rings. The van der Waals surface area contributed by atoms with E-state index in [1.165, 1.54) is 50.2 Å². The third-order valence-corrected chi connectivity index (χ3v) is 6.59. The van der Waals surface area contributed by atoms with Crippen LogP contribution in [0.3, 0.4) is 0 Å². The molecule has 0 spiro atoms. The van der Waals surface area contributed by atoms with Crippen LogP contribution in [0.25, 0.3) is 0 Å². The van der Waals surface area contributed by atoms with Gasteiger partial charge in [0.05, 0.1) is 11.9 Å². The van der Waals surface area contributed by atoms with Gasteiger partial charge in [0, 0.05) is 56.9 Å². The molecule has 1 unspecified atom stereocenters. The lowest BCUT2D eigenvalue weighted by Crippen LogP contribution is -2.42. The number of halogens is 3. The summed E-state index contributed by atoms with van der Waals surface area (Å²) in [5.41, 5.74) is 1.12. The number of aromatic nitrogens is 1. The lowest BCUT2D eigenvalue weighted by molar-refractivity contribution is -0.141. The van der Waals surface area contributed by atoms with Crippen molar-refractivity contribution < 1.29 is 13.2 Å². The molecule has 2 aliphatic heterocycles. The van der Waals surface area contributed by atoms with Crippen molar-refractivity contribution in [1.29, 1.82) is 0 Å². The minimum Gasteiger partial charge on any atom is -0.374 e. The van der Waals surface area contributed by atoms with E-state index in [-0.39, 0.29) is 0 Å². The van der Waals surface area contributed by atoms with E-state index in [2.05, 4.69) is 26.3 Å². The average molecular weight is 394 g/mol. The summed E-state index contributed by atoms with van der Waals surface area (Å²) in [4.78, 5) is 10.8. The van der Waals surface area contributed by atoms with Crippen LogP contribution in [0.2, 0.25) is 0 Å². The summed E-state index contributed by atoms with van der Waals surface area (Å²) >= 11 is 0. The molecule has 2 saturated heterocycles. The third-order valence-electron chi connectivity index (χ3n) is 6.59. The lowest BCUT2D eigenvalue weighted by atomic mass is 9.91. The smallest absolute Gasteiger partial charge is 0.374 e. The van der Waals surface area contributed by atoms with Crippen molar-refractivity contribution in [3.63, 3.8) is 0 Å². The first kappa shape index (κ1) is 19.6. The predicted molar refractivity (Wildman–Crippen MR) is 104 cm³/mol. The standard InChI is InChI=1S/C21H29F3N4/c1-16(26-9-3-10-27(13-12-26)18-4-2-5-18)17-8-11-28(15-17)19-6-7-20(25-14-19)21(22,23)24/h6-7,14,17-18H,1-5,8-13,15H2. The molecule has 1 atom stereocenters. The van der Waals surface area contributed by atoms with E-state index < -0.39 is 11.9 Å². The number of hydrogen-bond donors (Lipinski definition) is 0. The van der Waals surface area contributed by atoms with E-state index in [1.54, 1.807) is 0 Å². The van der Waals surface area contributed by atoms with Crippen molar-refractivity contribution in [3.8, 4) is 0 Å². The first-order valence-electron chi connectivity index (χ1n) is 10.4. The Morgan fingerprint density at radius 1 is 1.00 bits per heavy atom. The number of pyridine rings is 1. The highest BCUT2D eigenvalue weighted by Gasteiger charge is 2.33. The van der Waals surface area contributed by atoms with Gasteiger partial charge in [0.25, 0.3) is 0 Å². The molecule has 7 heteroatoms. The van der Waals surface area contributed by atoms with Gasteiger partial charge in [0.15, 0.2) is 0 Å². The van der Waals surface area contributed by atoms with Crippen LogP contribution in [-0.2, 0) is 6.18 Å². The second-order valence-electron chi connectivity index (χ2n) is 8.28. The maximum absolute atomic E-state index is 12.7. The zero-order chi connectivity index (χ0) is 19.7. The largest absolute Gasteiger partial charge is 0.433 e. The molecule has 154 valence electrons. The summed E-state index contributed by atoms with van der Waals surface area (Å²) in [7, 11) is 0. The van der Waals surface area contributed by atoms with Crippen LogP contribution in [0.4, 0.5) is 18.9 Å². The summed E-state index contributed by atoms with van der Waals surface area (Å²) in [6.45, 7) is 10.4. The Kier molecular flexibility index (Phi) is 5.54. The number of anilines is 1. The molecule has 28 heavy (non-hydrogen) atoms. The summed E-state index contributed by atoms with van der Waals surface area (Å²) in [6.07, 6.45) is 3.18. The van der Waals surface area contributed by atoms with Gasteiger partial charge in [-0.15, -0.1) is 0 Å². The average Bonchev–Trinajstić information content (AvgIpc) is 3.00. The Morgan fingerprint density at radius 2 is 1.82 bits per heavy atom. The van der Waals surface area contributed by atoms with Crippen LogP contribution < -0.4 is 4.90 Å². The van der Waals surface area contributed by atoms with Crippen LogP contribution in [0.5, 0.6) is 0 Å². The van der Waals surface area contributed by atoms with Gasteiger partial charge in [-0.05, 0) is 37.8 Å². The molecular formula is C21H29F3N4. The monoisotopic (exact) mass is 394 g/mol. The Morgan fingerprint density at radius 3 is 2.46 bits per heavy atom. The van der Waals surface area contributed by atoms with Crippen molar-refractivity contribution in [2.24, 2.45) is 5.92 Å². The van der Waals surface area contributed by atoms with Gasteiger partial charge in [0.1, 0.15) is 5.69 Å². The highest BCUT2D eigenvalue weighted by atomic mass is 19.4. The van der Waals surface area contributed by atoms with Gasteiger partial charge in [-0.1, -0.05) is 13.0 Å². The fraction of sp³-hybridized carbons (Fsp3) is 0.667. The fourth-order valence-electron chi connectivity index (χ4n) is 4.61. The van der Waals surface area contributed by atoms with Gasteiger partial charge >= 0.3 is 6.18 Å². The van der Waals surface area contributed by atoms with Gasteiger partial charge < -0.3 is 9.80 Å². The van der Waals surface area contributed by atoms with Gasteiger partial charge in [-0.3, -0.25) is 4.90 Å². The molecule has 1 aliphatic carbocycles. The minimum absolute atomic E-state index is 0.359. The van der Waals surface area contributed by atoms with Gasteiger partial charge in [0.2, 0.25) is 0 Å². The first-order chi connectivity index (χ1) is 13.4. The zero-order valence-corrected chi connectivity index (χ0v) is 16.3. The molecule has 3 fully saturated rings. The quantitative estimate of drug-likeness (QED) is 0.770. The third kappa shape index (κ3) is 4.14. The molecule has 0 amide bonds. The molecule has 0 aromatic carbocycles. The van der Waals surface area contributed by atoms with E-state index in [9.17, 15) is 13.2 Å². The normalized spacial score (nSPS) is 24.9. The van der Waals surface area contributed by atoms with Gasteiger partial charge in [-0.25, -0.2) is 4.98 Å². The molecule has 1 aromatic heterocycles. The Balaban J connectivity index is 1.32. The molecule has 0 N–H and O–H groups in total.